The van der Waals surface area contributed by atoms with Gasteiger partial charge in [-0.05, 0) is 48.9 Å². The molecule has 0 bridgehead atoms. The third-order valence-electron chi connectivity index (χ3n) is 4.36. The Morgan fingerprint density at radius 3 is 2.30 bits per heavy atom. The van der Waals surface area contributed by atoms with Crippen molar-refractivity contribution in [3.8, 4) is 11.5 Å². The third kappa shape index (κ3) is 4.72. The minimum Gasteiger partial charge on any atom is -0.493 e. The van der Waals surface area contributed by atoms with Gasteiger partial charge in [-0.1, -0.05) is 24.3 Å². The minimum atomic E-state index is -3.97. The molecule has 156 valence electrons. The highest BCUT2D eigenvalue weighted by atomic mass is 32.2. The number of carbonyl (C=O) groups is 1. The Bertz CT molecular complexity index is 1180. The number of nitrogens with one attached hydrogen (secondary N) is 2. The quantitative estimate of drug-likeness (QED) is 0.594. The number of para-hydroxylation sites is 1. The molecule has 0 unspecified atom stereocenters. The van der Waals surface area contributed by atoms with Gasteiger partial charge in [-0.3, -0.25) is 9.52 Å². The molecule has 2 N–H and O–H groups in total. The molecule has 0 spiro atoms. The third-order valence-corrected chi connectivity index (χ3v) is 5.72. The van der Waals surface area contributed by atoms with Crippen molar-refractivity contribution in [1.82, 2.24) is 0 Å². The molecule has 0 fully saturated rings. The fourth-order valence-electron chi connectivity index (χ4n) is 2.88. The number of ether oxygens (including phenoxy) is 2. The van der Waals surface area contributed by atoms with Crippen molar-refractivity contribution < 1.29 is 22.7 Å². The highest BCUT2D eigenvalue weighted by Gasteiger charge is 2.20. The van der Waals surface area contributed by atoms with Crippen LogP contribution in [0.3, 0.4) is 0 Å². The van der Waals surface area contributed by atoms with Gasteiger partial charge in [-0.25, -0.2) is 8.42 Å². The summed E-state index contributed by atoms with van der Waals surface area (Å²) in [5.41, 5.74) is 1.98. The van der Waals surface area contributed by atoms with Crippen molar-refractivity contribution in [2.75, 3.05) is 24.3 Å². The lowest BCUT2D eigenvalue weighted by Crippen LogP contribution is -2.18. The van der Waals surface area contributed by atoms with E-state index in [1.807, 2.05) is 25.1 Å². The van der Waals surface area contributed by atoms with Crippen LogP contribution in [0.25, 0.3) is 0 Å². The van der Waals surface area contributed by atoms with Crippen LogP contribution in [0.5, 0.6) is 11.5 Å². The van der Waals surface area contributed by atoms with Crippen molar-refractivity contribution in [2.24, 2.45) is 0 Å². The Balaban J connectivity index is 1.89. The second-order valence-corrected chi connectivity index (χ2v) is 8.17. The smallest absolute Gasteiger partial charge is 0.262 e. The van der Waals surface area contributed by atoms with Crippen LogP contribution in [-0.2, 0) is 10.0 Å². The lowest BCUT2D eigenvalue weighted by atomic mass is 10.1. The minimum absolute atomic E-state index is 0.0194. The van der Waals surface area contributed by atoms with E-state index in [-0.39, 0.29) is 21.9 Å². The Kier molecular flexibility index (Phi) is 6.27. The molecule has 1 amide bonds. The summed E-state index contributed by atoms with van der Waals surface area (Å²) in [5, 5.41) is 2.79. The first kappa shape index (κ1) is 21.2. The number of hydrogen-bond donors (Lipinski definition) is 2. The number of rotatable bonds is 7. The second kappa shape index (κ2) is 8.87. The maximum Gasteiger partial charge on any atom is 0.262 e. The predicted molar refractivity (Wildman–Crippen MR) is 116 cm³/mol. The van der Waals surface area contributed by atoms with E-state index in [9.17, 15) is 13.2 Å². The van der Waals surface area contributed by atoms with Crippen LogP contribution < -0.4 is 19.5 Å². The SMILES string of the molecule is COc1ccc(S(=O)(=O)Nc2ccccc2C(=O)Nc2cccc(C)c2)cc1OC. The van der Waals surface area contributed by atoms with Gasteiger partial charge in [0.25, 0.3) is 15.9 Å². The average Bonchev–Trinajstić information content (AvgIpc) is 2.73. The molecule has 3 aromatic carbocycles. The first-order valence-corrected chi connectivity index (χ1v) is 10.5. The van der Waals surface area contributed by atoms with Crippen LogP contribution in [0.4, 0.5) is 11.4 Å². The van der Waals surface area contributed by atoms with E-state index < -0.39 is 15.9 Å². The van der Waals surface area contributed by atoms with E-state index in [0.29, 0.717) is 11.4 Å². The zero-order chi connectivity index (χ0) is 21.7. The van der Waals surface area contributed by atoms with Crippen molar-refractivity contribution in [3.05, 3.63) is 77.9 Å². The molecule has 0 saturated heterocycles. The Labute approximate surface area is 175 Å². The monoisotopic (exact) mass is 426 g/mol. The summed E-state index contributed by atoms with van der Waals surface area (Å²) >= 11 is 0. The van der Waals surface area contributed by atoms with Gasteiger partial charge in [-0.2, -0.15) is 0 Å². The Hall–Kier alpha value is -3.52. The van der Waals surface area contributed by atoms with Crippen LogP contribution in [0, 0.1) is 6.92 Å². The van der Waals surface area contributed by atoms with Gasteiger partial charge in [0.15, 0.2) is 11.5 Å². The standard InChI is InChI=1S/C22H22N2O5S/c1-15-7-6-8-16(13-15)23-22(25)18-9-4-5-10-19(18)24-30(26,27)17-11-12-20(28-2)21(14-17)29-3/h4-14,24H,1-3H3,(H,23,25). The fraction of sp³-hybridized carbons (Fsp3) is 0.136. The van der Waals surface area contributed by atoms with E-state index in [2.05, 4.69) is 10.0 Å². The van der Waals surface area contributed by atoms with Gasteiger partial charge in [-0.15, -0.1) is 0 Å². The van der Waals surface area contributed by atoms with Crippen LogP contribution in [0.2, 0.25) is 0 Å². The van der Waals surface area contributed by atoms with Crippen molar-refractivity contribution in [1.29, 1.82) is 0 Å². The van der Waals surface area contributed by atoms with Gasteiger partial charge in [0.05, 0.1) is 30.4 Å². The molecule has 0 atom stereocenters. The molecule has 0 aromatic heterocycles. The zero-order valence-corrected chi connectivity index (χ0v) is 17.6. The van der Waals surface area contributed by atoms with Gasteiger partial charge >= 0.3 is 0 Å². The number of methoxy groups -OCH3 is 2. The van der Waals surface area contributed by atoms with Crippen LogP contribution in [0.1, 0.15) is 15.9 Å². The van der Waals surface area contributed by atoms with Gasteiger partial charge < -0.3 is 14.8 Å². The van der Waals surface area contributed by atoms with E-state index in [0.717, 1.165) is 5.56 Å². The summed E-state index contributed by atoms with van der Waals surface area (Å²) in [6.07, 6.45) is 0. The van der Waals surface area contributed by atoms with Gasteiger partial charge in [0, 0.05) is 11.8 Å². The maximum atomic E-state index is 12.9. The average molecular weight is 426 g/mol. The lowest BCUT2D eigenvalue weighted by Gasteiger charge is -2.14. The number of sulfonamides is 1. The van der Waals surface area contributed by atoms with E-state index in [1.54, 1.807) is 24.3 Å². The maximum absolute atomic E-state index is 12.9. The molecule has 3 rings (SSSR count). The molecule has 7 nitrogen and oxygen atoms in total. The molecule has 0 aliphatic heterocycles. The first-order chi connectivity index (χ1) is 14.3. The molecular formula is C22H22N2O5S. The number of aryl methyl sites for hydroxylation is 1. The molecule has 3 aromatic rings. The summed E-state index contributed by atoms with van der Waals surface area (Å²) in [6.45, 7) is 1.92. The number of anilines is 2. The summed E-state index contributed by atoms with van der Waals surface area (Å²) in [4.78, 5) is 12.8. The molecule has 8 heteroatoms. The van der Waals surface area contributed by atoms with Gasteiger partial charge in [0.1, 0.15) is 0 Å². The van der Waals surface area contributed by atoms with Crippen LogP contribution >= 0.6 is 0 Å². The Morgan fingerprint density at radius 1 is 0.867 bits per heavy atom. The first-order valence-electron chi connectivity index (χ1n) is 9.06. The number of hydrogen-bond acceptors (Lipinski definition) is 5. The molecule has 0 heterocycles. The van der Waals surface area contributed by atoms with E-state index in [1.165, 1.54) is 38.5 Å². The Morgan fingerprint density at radius 2 is 1.60 bits per heavy atom. The molecular weight excluding hydrogens is 404 g/mol. The largest absolute Gasteiger partial charge is 0.493 e. The van der Waals surface area contributed by atoms with E-state index >= 15 is 0 Å². The summed E-state index contributed by atoms with van der Waals surface area (Å²) in [7, 11) is -1.08. The van der Waals surface area contributed by atoms with Crippen molar-refractivity contribution >= 4 is 27.3 Å². The van der Waals surface area contributed by atoms with Crippen molar-refractivity contribution in [3.63, 3.8) is 0 Å². The summed E-state index contributed by atoms with van der Waals surface area (Å²) in [6, 6.07) is 18.0. The zero-order valence-electron chi connectivity index (χ0n) is 16.8. The normalized spacial score (nSPS) is 10.9. The highest BCUT2D eigenvalue weighted by Crippen LogP contribution is 2.30. The summed E-state index contributed by atoms with van der Waals surface area (Å²) < 4.78 is 38.6. The van der Waals surface area contributed by atoms with E-state index in [4.69, 9.17) is 9.47 Å². The molecule has 30 heavy (non-hydrogen) atoms. The molecule has 0 radical (unpaired) electrons. The number of amides is 1. The highest BCUT2D eigenvalue weighted by molar-refractivity contribution is 7.92. The number of benzene rings is 3. The number of carbonyl (C=O) groups excluding carboxylic acids is 1. The van der Waals surface area contributed by atoms with Gasteiger partial charge in [0.2, 0.25) is 0 Å². The molecule has 0 aliphatic carbocycles. The molecule has 0 saturated carbocycles. The van der Waals surface area contributed by atoms with Crippen LogP contribution in [-0.4, -0.2) is 28.5 Å². The fourth-order valence-corrected chi connectivity index (χ4v) is 3.97. The second-order valence-electron chi connectivity index (χ2n) is 6.49. The van der Waals surface area contributed by atoms with Crippen LogP contribution in [0.15, 0.2) is 71.6 Å². The summed E-state index contributed by atoms with van der Waals surface area (Å²) in [5.74, 6) is 0.270. The lowest BCUT2D eigenvalue weighted by molar-refractivity contribution is 0.102. The molecule has 0 aliphatic rings. The predicted octanol–water partition coefficient (Wildman–Crippen LogP) is 4.07. The topological polar surface area (TPSA) is 93.7 Å². The van der Waals surface area contributed by atoms with Crippen molar-refractivity contribution in [2.45, 2.75) is 11.8 Å².